The average Bonchev–Trinajstić information content (AvgIpc) is 3.20. The fraction of sp³-hybridized carbons (Fsp3) is 0.190. The Morgan fingerprint density at radius 2 is 1.93 bits per heavy atom. The quantitative estimate of drug-likeness (QED) is 0.555. The second kappa shape index (κ2) is 7.25. The number of anilines is 1. The molecule has 4 rings (SSSR count). The zero-order chi connectivity index (χ0) is 20.6. The van der Waals surface area contributed by atoms with Gasteiger partial charge in [0, 0.05) is 17.5 Å². The van der Waals surface area contributed by atoms with Crippen LogP contribution in [-0.2, 0) is 15.1 Å². The first-order chi connectivity index (χ1) is 13.9. The topological polar surface area (TPSA) is 100 Å². The minimum absolute atomic E-state index is 0.0165. The summed E-state index contributed by atoms with van der Waals surface area (Å²) in [5.74, 6) is -0.0529. The fourth-order valence-corrected chi connectivity index (χ4v) is 3.84. The number of urea groups is 1. The van der Waals surface area contributed by atoms with Crippen LogP contribution in [0.5, 0.6) is 0 Å². The van der Waals surface area contributed by atoms with Gasteiger partial charge in [-0.25, -0.2) is 4.79 Å². The first kappa shape index (κ1) is 19.0. The minimum atomic E-state index is -1.28. The molecule has 1 aromatic heterocycles. The predicted molar refractivity (Wildman–Crippen MR) is 109 cm³/mol. The van der Waals surface area contributed by atoms with E-state index >= 15 is 0 Å². The smallest absolute Gasteiger partial charge is 0.322 e. The molecule has 7 nitrogen and oxygen atoms in total. The Bertz CT molecular complexity index is 1130. The highest BCUT2D eigenvalue weighted by Crippen LogP contribution is 2.32. The molecule has 0 bridgehead atoms. The molecule has 3 N–H and O–H groups in total. The van der Waals surface area contributed by atoms with Crippen LogP contribution in [0.2, 0.25) is 5.02 Å². The maximum Gasteiger partial charge on any atom is 0.322 e. The third-order valence-corrected chi connectivity index (χ3v) is 5.19. The number of carbonyl (C=O) groups is 3. The van der Waals surface area contributed by atoms with Gasteiger partial charge in [0.1, 0.15) is 11.3 Å². The number of hydrogen-bond donors (Lipinski definition) is 3. The molecule has 0 spiro atoms. The Morgan fingerprint density at radius 1 is 1.17 bits per heavy atom. The van der Waals surface area contributed by atoms with Gasteiger partial charge in [0.25, 0.3) is 5.91 Å². The highest BCUT2D eigenvalue weighted by molar-refractivity contribution is 6.35. The largest absolute Gasteiger partial charge is 0.460 e. The molecule has 1 unspecified atom stereocenters. The summed E-state index contributed by atoms with van der Waals surface area (Å²) in [7, 11) is 0. The molecule has 8 heteroatoms. The molecular weight excluding hydrogens is 394 g/mol. The van der Waals surface area contributed by atoms with Crippen molar-refractivity contribution in [2.24, 2.45) is 0 Å². The van der Waals surface area contributed by atoms with Gasteiger partial charge in [-0.05, 0) is 37.1 Å². The first-order valence-electron chi connectivity index (χ1n) is 9.06. The lowest BCUT2D eigenvalue weighted by Crippen LogP contribution is -2.44. The lowest BCUT2D eigenvalue weighted by Gasteiger charge is -2.26. The van der Waals surface area contributed by atoms with E-state index in [9.17, 15) is 14.4 Å². The van der Waals surface area contributed by atoms with E-state index in [4.69, 9.17) is 16.0 Å². The highest BCUT2D eigenvalue weighted by atomic mass is 35.5. The average molecular weight is 412 g/mol. The number of fused-ring (bicyclic) bond motifs is 1. The van der Waals surface area contributed by atoms with Crippen LogP contribution in [0.1, 0.15) is 24.2 Å². The molecule has 3 aromatic rings. The fourth-order valence-electron chi connectivity index (χ4n) is 3.57. The zero-order valence-corrected chi connectivity index (χ0v) is 16.3. The summed E-state index contributed by atoms with van der Waals surface area (Å²) >= 11 is 6.23. The zero-order valence-electron chi connectivity index (χ0n) is 15.5. The molecule has 1 saturated heterocycles. The van der Waals surface area contributed by atoms with Crippen LogP contribution < -0.4 is 16.0 Å². The third kappa shape index (κ3) is 3.56. The van der Waals surface area contributed by atoms with Gasteiger partial charge in [0.2, 0.25) is 5.91 Å². The van der Waals surface area contributed by atoms with E-state index in [0.29, 0.717) is 21.9 Å². The van der Waals surface area contributed by atoms with Crippen LogP contribution in [-0.4, -0.2) is 17.8 Å². The van der Waals surface area contributed by atoms with E-state index in [2.05, 4.69) is 16.0 Å². The van der Waals surface area contributed by atoms with Gasteiger partial charge >= 0.3 is 6.03 Å². The molecule has 4 amide bonds. The number of imide groups is 1. The van der Waals surface area contributed by atoms with Crippen LogP contribution in [0.3, 0.4) is 0 Å². The summed E-state index contributed by atoms with van der Waals surface area (Å²) in [5.41, 5.74) is 0.436. The lowest BCUT2D eigenvalue weighted by molar-refractivity contribution is -0.125. The van der Waals surface area contributed by atoms with Crippen LogP contribution in [0.4, 0.5) is 10.5 Å². The molecule has 1 aliphatic heterocycles. The normalized spacial score (nSPS) is 18.6. The molecule has 2 aromatic carbocycles. The first-order valence-corrected chi connectivity index (χ1v) is 9.44. The lowest BCUT2D eigenvalue weighted by atomic mass is 9.85. The third-order valence-electron chi connectivity index (χ3n) is 4.91. The van der Waals surface area contributed by atoms with Crippen molar-refractivity contribution in [2.75, 3.05) is 5.32 Å². The highest BCUT2D eigenvalue weighted by Gasteiger charge is 2.47. The van der Waals surface area contributed by atoms with E-state index in [1.54, 1.807) is 36.4 Å². The number of halogens is 1. The monoisotopic (exact) mass is 411 g/mol. The van der Waals surface area contributed by atoms with E-state index in [1.165, 1.54) is 0 Å². The van der Waals surface area contributed by atoms with Crippen molar-refractivity contribution in [3.8, 4) is 0 Å². The van der Waals surface area contributed by atoms with E-state index in [1.807, 2.05) is 19.1 Å². The second-order valence-corrected chi connectivity index (χ2v) is 7.37. The van der Waals surface area contributed by atoms with Crippen molar-refractivity contribution in [3.05, 3.63) is 64.9 Å². The summed E-state index contributed by atoms with van der Waals surface area (Å²) in [4.78, 5) is 36.9. The Hall–Kier alpha value is -3.32. The molecule has 148 valence electrons. The number of amides is 4. The molecular formula is C21H18ClN3O4. The summed E-state index contributed by atoms with van der Waals surface area (Å²) in [6, 6.07) is 13.5. The van der Waals surface area contributed by atoms with Crippen molar-refractivity contribution in [2.45, 2.75) is 25.3 Å². The molecule has 0 saturated carbocycles. The van der Waals surface area contributed by atoms with E-state index in [-0.39, 0.29) is 18.7 Å². The van der Waals surface area contributed by atoms with Gasteiger partial charge in [0.05, 0.1) is 5.02 Å². The molecule has 1 atom stereocenters. The van der Waals surface area contributed by atoms with Crippen LogP contribution >= 0.6 is 11.6 Å². The minimum Gasteiger partial charge on any atom is -0.460 e. The Labute approximate surface area is 171 Å². The maximum absolute atomic E-state index is 12.6. The second-order valence-electron chi connectivity index (χ2n) is 6.96. The molecule has 29 heavy (non-hydrogen) atoms. The van der Waals surface area contributed by atoms with Crippen LogP contribution in [0, 0.1) is 6.92 Å². The van der Waals surface area contributed by atoms with Crippen molar-refractivity contribution < 1.29 is 18.8 Å². The van der Waals surface area contributed by atoms with Crippen molar-refractivity contribution in [1.82, 2.24) is 10.6 Å². The Morgan fingerprint density at radius 3 is 2.62 bits per heavy atom. The van der Waals surface area contributed by atoms with Gasteiger partial charge in [-0.3, -0.25) is 14.9 Å². The maximum atomic E-state index is 12.6. The van der Waals surface area contributed by atoms with E-state index in [0.717, 1.165) is 11.1 Å². The molecule has 0 aliphatic carbocycles. The van der Waals surface area contributed by atoms with Crippen molar-refractivity contribution in [3.63, 3.8) is 0 Å². The number of hydrogen-bond acceptors (Lipinski definition) is 4. The SMILES string of the molecule is Cc1cc2cc(NC(=O)CCC3(c4ccccc4)NC(=O)NC3=O)cc(Cl)c2o1. The van der Waals surface area contributed by atoms with Crippen molar-refractivity contribution >= 4 is 46.1 Å². The summed E-state index contributed by atoms with van der Waals surface area (Å²) in [6.45, 7) is 1.82. The molecule has 1 fully saturated rings. The van der Waals surface area contributed by atoms with Gasteiger partial charge in [-0.2, -0.15) is 0 Å². The van der Waals surface area contributed by atoms with Crippen LogP contribution in [0.15, 0.2) is 52.9 Å². The van der Waals surface area contributed by atoms with Crippen molar-refractivity contribution in [1.29, 1.82) is 0 Å². The van der Waals surface area contributed by atoms with Gasteiger partial charge in [-0.15, -0.1) is 0 Å². The molecule has 1 aliphatic rings. The Balaban J connectivity index is 1.52. The summed E-state index contributed by atoms with van der Waals surface area (Å²) < 4.78 is 5.53. The number of aryl methyl sites for hydroxylation is 1. The standard InChI is InChI=1S/C21H18ClN3O4/c1-12-9-13-10-15(11-16(22)18(13)29-12)23-17(26)7-8-21(14-5-3-2-4-6-14)19(27)24-20(28)25-21/h2-6,9-11H,7-8H2,1H3,(H,23,26)(H2,24,25,27,28). The Kier molecular flexibility index (Phi) is 4.76. The molecule has 2 heterocycles. The van der Waals surface area contributed by atoms with Gasteiger partial charge in [0.15, 0.2) is 5.58 Å². The van der Waals surface area contributed by atoms with E-state index < -0.39 is 17.5 Å². The summed E-state index contributed by atoms with van der Waals surface area (Å²) in [6.07, 6.45) is 0.129. The van der Waals surface area contributed by atoms with Crippen LogP contribution in [0.25, 0.3) is 11.0 Å². The van der Waals surface area contributed by atoms with Gasteiger partial charge < -0.3 is 15.1 Å². The predicted octanol–water partition coefficient (Wildman–Crippen LogP) is 3.85. The van der Waals surface area contributed by atoms with Gasteiger partial charge in [-0.1, -0.05) is 41.9 Å². The molecule has 0 radical (unpaired) electrons. The number of nitrogens with one attached hydrogen (secondary N) is 3. The number of carbonyl (C=O) groups excluding carboxylic acids is 3. The number of benzene rings is 2. The number of furan rings is 1. The summed E-state index contributed by atoms with van der Waals surface area (Å²) in [5, 5.41) is 8.91. The number of rotatable bonds is 5.